The molecule has 1 amide bonds. The highest BCUT2D eigenvalue weighted by Crippen LogP contribution is 2.22. The zero-order valence-corrected chi connectivity index (χ0v) is 12.6. The fourth-order valence-electron chi connectivity index (χ4n) is 2.39. The minimum absolute atomic E-state index is 0.00398. The molecular formula is C15H20ClNO3. The van der Waals surface area contributed by atoms with E-state index in [-0.39, 0.29) is 18.1 Å². The largest absolute Gasteiger partial charge is 0.493 e. The van der Waals surface area contributed by atoms with E-state index >= 15 is 0 Å². The quantitative estimate of drug-likeness (QED) is 0.802. The van der Waals surface area contributed by atoms with Crippen LogP contribution in [0.2, 0.25) is 0 Å². The van der Waals surface area contributed by atoms with Crippen LogP contribution in [0.15, 0.2) is 24.3 Å². The normalized spacial score (nSPS) is 22.6. The zero-order valence-electron chi connectivity index (χ0n) is 11.8. The summed E-state index contributed by atoms with van der Waals surface area (Å²) in [7, 11) is 0. The van der Waals surface area contributed by atoms with Crippen molar-refractivity contribution in [1.29, 1.82) is 0 Å². The second-order valence-electron chi connectivity index (χ2n) is 4.86. The molecule has 5 heteroatoms. The molecular weight excluding hydrogens is 278 g/mol. The smallest absolute Gasteiger partial charge is 0.257 e. The number of benzene rings is 1. The van der Waals surface area contributed by atoms with Crippen LogP contribution in [0.25, 0.3) is 0 Å². The Bertz CT molecular complexity index is 466. The predicted octanol–water partition coefficient (Wildman–Crippen LogP) is 2.55. The van der Waals surface area contributed by atoms with Crippen molar-refractivity contribution >= 4 is 17.5 Å². The van der Waals surface area contributed by atoms with E-state index in [1.165, 1.54) is 0 Å². The van der Waals surface area contributed by atoms with Gasteiger partial charge in [0.1, 0.15) is 5.75 Å². The number of carbonyl (C=O) groups excluding carboxylic acids is 1. The molecule has 4 nitrogen and oxygen atoms in total. The number of alkyl halides is 1. The van der Waals surface area contributed by atoms with Crippen molar-refractivity contribution in [1.82, 2.24) is 4.90 Å². The number of rotatable bonds is 4. The lowest BCUT2D eigenvalue weighted by molar-refractivity contribution is -0.0571. The van der Waals surface area contributed by atoms with Gasteiger partial charge in [0.15, 0.2) is 0 Å². The molecule has 1 saturated heterocycles. The van der Waals surface area contributed by atoms with Crippen LogP contribution in [0.3, 0.4) is 0 Å². The van der Waals surface area contributed by atoms with Crippen molar-refractivity contribution in [2.75, 3.05) is 25.6 Å². The van der Waals surface area contributed by atoms with Gasteiger partial charge in [-0.3, -0.25) is 4.79 Å². The van der Waals surface area contributed by atoms with E-state index in [1.807, 2.05) is 32.0 Å². The Kier molecular flexibility index (Phi) is 5.26. The Morgan fingerprint density at radius 1 is 1.45 bits per heavy atom. The molecule has 0 N–H and O–H groups in total. The standard InChI is InChI=1S/C15H20ClNO3/c1-3-19-14-7-5-4-6-13(14)15(18)17-9-11(2)20-12(8-16)10-17/h4-7,11-12H,3,8-10H2,1-2H3. The molecule has 1 aliphatic rings. The average Bonchev–Trinajstić information content (AvgIpc) is 2.46. The molecule has 0 aliphatic carbocycles. The topological polar surface area (TPSA) is 38.8 Å². The highest BCUT2D eigenvalue weighted by Gasteiger charge is 2.29. The summed E-state index contributed by atoms with van der Waals surface area (Å²) in [6.07, 6.45) is -0.112. The molecule has 1 fully saturated rings. The number of hydrogen-bond acceptors (Lipinski definition) is 3. The zero-order chi connectivity index (χ0) is 14.5. The molecule has 110 valence electrons. The van der Waals surface area contributed by atoms with Crippen molar-refractivity contribution in [2.45, 2.75) is 26.1 Å². The lowest BCUT2D eigenvalue weighted by atomic mass is 10.1. The maximum absolute atomic E-state index is 12.6. The Morgan fingerprint density at radius 3 is 2.90 bits per heavy atom. The van der Waals surface area contributed by atoms with Crippen LogP contribution in [0, 0.1) is 0 Å². The maximum Gasteiger partial charge on any atom is 0.257 e. The highest BCUT2D eigenvalue weighted by molar-refractivity contribution is 6.18. The van der Waals surface area contributed by atoms with Gasteiger partial charge in [0.25, 0.3) is 5.91 Å². The minimum atomic E-state index is -0.108. The van der Waals surface area contributed by atoms with Gasteiger partial charge in [-0.05, 0) is 26.0 Å². The minimum Gasteiger partial charge on any atom is -0.493 e. The Labute approximate surface area is 124 Å². The molecule has 2 atom stereocenters. The van der Waals surface area contributed by atoms with Crippen molar-refractivity contribution < 1.29 is 14.3 Å². The Balaban J connectivity index is 2.18. The second kappa shape index (κ2) is 6.95. The molecule has 0 radical (unpaired) electrons. The molecule has 0 bridgehead atoms. The maximum atomic E-state index is 12.6. The number of para-hydroxylation sites is 1. The van der Waals surface area contributed by atoms with E-state index in [2.05, 4.69) is 0 Å². The first kappa shape index (κ1) is 15.1. The molecule has 1 aliphatic heterocycles. The molecule has 2 rings (SSSR count). The summed E-state index contributed by atoms with van der Waals surface area (Å²) in [5.74, 6) is 0.988. The third-order valence-electron chi connectivity index (χ3n) is 3.20. The molecule has 0 saturated carbocycles. The van der Waals surface area contributed by atoms with E-state index in [1.54, 1.807) is 11.0 Å². The molecule has 0 aromatic heterocycles. The van der Waals surface area contributed by atoms with Gasteiger partial charge in [-0.1, -0.05) is 12.1 Å². The molecule has 1 aromatic rings. The average molecular weight is 298 g/mol. The van der Waals surface area contributed by atoms with Gasteiger partial charge < -0.3 is 14.4 Å². The summed E-state index contributed by atoms with van der Waals surface area (Å²) in [6, 6.07) is 7.33. The fraction of sp³-hybridized carbons (Fsp3) is 0.533. The van der Waals surface area contributed by atoms with Crippen LogP contribution in [0.5, 0.6) is 5.75 Å². The van der Waals surface area contributed by atoms with Crippen molar-refractivity contribution in [3.63, 3.8) is 0 Å². The number of amides is 1. The summed E-state index contributed by atoms with van der Waals surface area (Å²) >= 11 is 5.85. The van der Waals surface area contributed by atoms with Crippen LogP contribution in [-0.2, 0) is 4.74 Å². The van der Waals surface area contributed by atoms with Crippen LogP contribution in [0.4, 0.5) is 0 Å². The van der Waals surface area contributed by atoms with Gasteiger partial charge in [0.2, 0.25) is 0 Å². The lowest BCUT2D eigenvalue weighted by Crippen LogP contribution is -2.49. The van der Waals surface area contributed by atoms with Gasteiger partial charge in [0, 0.05) is 13.1 Å². The monoisotopic (exact) mass is 297 g/mol. The number of hydrogen-bond donors (Lipinski definition) is 0. The first-order chi connectivity index (χ1) is 9.65. The van der Waals surface area contributed by atoms with E-state index in [9.17, 15) is 4.79 Å². The molecule has 0 spiro atoms. The van der Waals surface area contributed by atoms with Gasteiger partial charge in [-0.25, -0.2) is 0 Å². The summed E-state index contributed by atoms with van der Waals surface area (Å²) in [5, 5.41) is 0. The van der Waals surface area contributed by atoms with Crippen molar-refractivity contribution in [3.8, 4) is 5.75 Å². The Hall–Kier alpha value is -1.26. The van der Waals surface area contributed by atoms with Crippen LogP contribution in [-0.4, -0.2) is 48.6 Å². The summed E-state index contributed by atoms with van der Waals surface area (Å²) < 4.78 is 11.2. The van der Waals surface area contributed by atoms with E-state index in [4.69, 9.17) is 21.1 Å². The molecule has 1 heterocycles. The van der Waals surface area contributed by atoms with Crippen LogP contribution < -0.4 is 4.74 Å². The molecule has 1 aromatic carbocycles. The number of carbonyl (C=O) groups is 1. The summed E-state index contributed by atoms with van der Waals surface area (Å²) in [4.78, 5) is 14.4. The van der Waals surface area contributed by atoms with Crippen LogP contribution >= 0.6 is 11.6 Å². The van der Waals surface area contributed by atoms with E-state index < -0.39 is 0 Å². The first-order valence-electron chi connectivity index (χ1n) is 6.88. The van der Waals surface area contributed by atoms with Crippen LogP contribution in [0.1, 0.15) is 24.2 Å². The predicted molar refractivity (Wildman–Crippen MR) is 78.6 cm³/mol. The molecule has 20 heavy (non-hydrogen) atoms. The fourth-order valence-corrected chi connectivity index (χ4v) is 2.56. The van der Waals surface area contributed by atoms with E-state index in [0.717, 1.165) is 0 Å². The molecule has 2 unspecified atom stereocenters. The van der Waals surface area contributed by atoms with Gasteiger partial charge in [0.05, 0.1) is 30.3 Å². The first-order valence-corrected chi connectivity index (χ1v) is 7.41. The SMILES string of the molecule is CCOc1ccccc1C(=O)N1CC(C)OC(CCl)C1. The summed E-state index contributed by atoms with van der Waals surface area (Å²) in [5.41, 5.74) is 0.594. The number of ether oxygens (including phenoxy) is 2. The number of nitrogens with zero attached hydrogens (tertiary/aromatic N) is 1. The van der Waals surface area contributed by atoms with Gasteiger partial charge >= 0.3 is 0 Å². The summed E-state index contributed by atoms with van der Waals surface area (Å²) in [6.45, 7) is 5.49. The number of halogens is 1. The Morgan fingerprint density at radius 2 is 2.20 bits per heavy atom. The number of morpholine rings is 1. The van der Waals surface area contributed by atoms with Crippen molar-refractivity contribution in [3.05, 3.63) is 29.8 Å². The third kappa shape index (κ3) is 3.44. The van der Waals surface area contributed by atoms with Crippen molar-refractivity contribution in [2.24, 2.45) is 0 Å². The third-order valence-corrected chi connectivity index (χ3v) is 3.55. The van der Waals surface area contributed by atoms with E-state index in [0.29, 0.717) is 36.9 Å². The highest BCUT2D eigenvalue weighted by atomic mass is 35.5. The lowest BCUT2D eigenvalue weighted by Gasteiger charge is -2.36. The van der Waals surface area contributed by atoms with Gasteiger partial charge in [-0.2, -0.15) is 0 Å². The second-order valence-corrected chi connectivity index (χ2v) is 5.17. The van der Waals surface area contributed by atoms with Gasteiger partial charge in [-0.15, -0.1) is 11.6 Å².